The fraction of sp³-hybridized carbons (Fsp3) is 0.467. The predicted octanol–water partition coefficient (Wildman–Crippen LogP) is 3.63. The molecular formula is C30H41BrN4O7. The maximum absolute atomic E-state index is 13.6. The molecule has 42 heavy (non-hydrogen) atoms. The van der Waals surface area contributed by atoms with Crippen LogP contribution in [-0.2, 0) is 16.8 Å². The number of amidine groups is 1. The minimum absolute atomic E-state index is 0. The highest BCUT2D eigenvalue weighted by atomic mass is 79.9. The molecule has 11 nitrogen and oxygen atoms in total. The van der Waals surface area contributed by atoms with E-state index in [-0.39, 0.29) is 65.8 Å². The third-order valence-corrected chi connectivity index (χ3v) is 6.78. The Bertz CT molecular complexity index is 1340. The second-order valence-electron chi connectivity index (χ2n) is 11.2. The normalized spacial score (nSPS) is 12.4. The molecule has 1 aliphatic heterocycles. The number of carboxylic acids is 1. The number of hydrogen-bond acceptors (Lipinski definition) is 8. The van der Waals surface area contributed by atoms with Crippen LogP contribution in [0.15, 0.2) is 24.3 Å². The topological polar surface area (TPSA) is 152 Å². The molecule has 4 N–H and O–H groups in total. The van der Waals surface area contributed by atoms with E-state index in [9.17, 15) is 19.5 Å². The van der Waals surface area contributed by atoms with Gasteiger partial charge in [-0.05, 0) is 48.1 Å². The number of halogens is 1. The number of nitrogens with one attached hydrogen (secondary N) is 2. The van der Waals surface area contributed by atoms with Crippen molar-refractivity contribution in [1.29, 1.82) is 5.41 Å². The van der Waals surface area contributed by atoms with Crippen molar-refractivity contribution < 1.29 is 34.1 Å². The number of carbonyl (C=O) groups excluding carboxylic acids is 2. The van der Waals surface area contributed by atoms with Crippen molar-refractivity contribution in [3.8, 4) is 11.5 Å². The average molecular weight is 650 g/mol. The monoisotopic (exact) mass is 648 g/mol. The Labute approximate surface area is 257 Å². The molecule has 0 radical (unpaired) electrons. The number of aliphatic hydroxyl groups is 1. The van der Waals surface area contributed by atoms with Gasteiger partial charge in [0.05, 0.1) is 18.7 Å². The molecule has 0 fully saturated rings. The highest BCUT2D eigenvalue weighted by molar-refractivity contribution is 8.93. The van der Waals surface area contributed by atoms with Crippen molar-refractivity contribution in [2.75, 3.05) is 52.4 Å². The summed E-state index contributed by atoms with van der Waals surface area (Å²) in [6, 6.07) is 6.82. The lowest BCUT2D eigenvalue weighted by Crippen LogP contribution is -2.30. The number of fused-ring (bicyclic) bond motifs is 1. The van der Waals surface area contributed by atoms with Gasteiger partial charge in [0.2, 0.25) is 0 Å². The molecule has 0 aliphatic carbocycles. The summed E-state index contributed by atoms with van der Waals surface area (Å²) in [4.78, 5) is 40.9. The summed E-state index contributed by atoms with van der Waals surface area (Å²) in [5.41, 5.74) is 3.07. The molecule has 0 atom stereocenters. The van der Waals surface area contributed by atoms with Gasteiger partial charge >= 0.3 is 5.97 Å². The number of aliphatic hydroxyl groups excluding tert-OH is 1. The number of unbranched alkanes of at least 4 members (excludes halogenated alkanes) is 1. The Morgan fingerprint density at radius 1 is 1.10 bits per heavy atom. The van der Waals surface area contributed by atoms with Crippen molar-refractivity contribution >= 4 is 46.2 Å². The minimum atomic E-state index is -1.14. The number of carboxylic acid groups (broad SMARTS) is 1. The van der Waals surface area contributed by atoms with Crippen molar-refractivity contribution in [3.05, 3.63) is 52.1 Å². The van der Waals surface area contributed by atoms with Gasteiger partial charge < -0.3 is 34.8 Å². The van der Waals surface area contributed by atoms with Crippen LogP contribution < -0.4 is 19.7 Å². The molecule has 2 aromatic carbocycles. The highest BCUT2D eigenvalue weighted by Crippen LogP contribution is 2.40. The van der Waals surface area contributed by atoms with E-state index in [1.54, 1.807) is 30.1 Å². The number of anilines is 1. The van der Waals surface area contributed by atoms with E-state index < -0.39 is 18.0 Å². The lowest BCUT2D eigenvalue weighted by Gasteiger charge is -2.26. The molecule has 0 bridgehead atoms. The molecule has 12 heteroatoms. The number of hydrogen-bond donors (Lipinski definition) is 4. The van der Waals surface area contributed by atoms with E-state index in [0.29, 0.717) is 41.6 Å². The maximum atomic E-state index is 13.6. The Kier molecular flexibility index (Phi) is 11.9. The lowest BCUT2D eigenvalue weighted by molar-refractivity contribution is -0.139. The number of benzene rings is 2. The molecule has 1 amide bonds. The van der Waals surface area contributed by atoms with Crippen LogP contribution in [0.4, 0.5) is 5.69 Å². The molecule has 2 aromatic rings. The summed E-state index contributed by atoms with van der Waals surface area (Å²) in [5, 5.41) is 29.7. The number of Topliss-reactive ketones (excluding diaryl/α,β-unsaturated/α-hetero) is 1. The van der Waals surface area contributed by atoms with Gasteiger partial charge in [-0.2, -0.15) is 0 Å². The van der Waals surface area contributed by atoms with E-state index in [0.717, 1.165) is 11.3 Å². The second kappa shape index (κ2) is 14.5. The number of rotatable bonds is 13. The van der Waals surface area contributed by atoms with Crippen LogP contribution in [0.5, 0.6) is 11.5 Å². The van der Waals surface area contributed by atoms with Crippen LogP contribution in [0.3, 0.4) is 0 Å². The number of carbonyl (C=O) groups is 3. The van der Waals surface area contributed by atoms with Gasteiger partial charge in [-0.3, -0.25) is 15.0 Å². The van der Waals surface area contributed by atoms with Crippen LogP contribution in [0.2, 0.25) is 0 Å². The van der Waals surface area contributed by atoms with Crippen LogP contribution >= 0.6 is 17.0 Å². The molecule has 1 aliphatic rings. The molecule has 0 spiro atoms. The Balaban J connectivity index is 0.00000616. The molecule has 3 rings (SSSR count). The molecule has 0 saturated carbocycles. The van der Waals surface area contributed by atoms with Gasteiger partial charge in [0.25, 0.3) is 5.91 Å². The lowest BCUT2D eigenvalue weighted by atomic mass is 9.84. The van der Waals surface area contributed by atoms with Gasteiger partial charge in [-0.1, -0.05) is 20.8 Å². The Morgan fingerprint density at radius 2 is 1.79 bits per heavy atom. The van der Waals surface area contributed by atoms with Gasteiger partial charge in [-0.15, -0.1) is 17.0 Å². The average Bonchev–Trinajstić information content (AvgIpc) is 3.21. The zero-order valence-corrected chi connectivity index (χ0v) is 26.7. The summed E-state index contributed by atoms with van der Waals surface area (Å²) in [6.07, 6.45) is 1.10. The van der Waals surface area contributed by atoms with Crippen LogP contribution in [0.25, 0.3) is 0 Å². The zero-order chi connectivity index (χ0) is 30.5. The largest absolute Gasteiger partial charge is 0.490 e. The highest BCUT2D eigenvalue weighted by Gasteiger charge is 2.31. The van der Waals surface area contributed by atoms with Crippen LogP contribution in [0, 0.1) is 5.41 Å². The van der Waals surface area contributed by atoms with Crippen LogP contribution in [0.1, 0.15) is 71.0 Å². The summed E-state index contributed by atoms with van der Waals surface area (Å²) in [5.74, 6) is -0.977. The van der Waals surface area contributed by atoms with Crippen molar-refractivity contribution in [2.45, 2.75) is 45.6 Å². The summed E-state index contributed by atoms with van der Waals surface area (Å²) in [7, 11) is 5.24. The molecule has 1 heterocycles. The summed E-state index contributed by atoms with van der Waals surface area (Å²) in [6.45, 7) is 5.74. The van der Waals surface area contributed by atoms with Gasteiger partial charge in [0.1, 0.15) is 5.84 Å². The molecular weight excluding hydrogens is 608 g/mol. The smallest absolute Gasteiger partial charge is 0.341 e. The minimum Gasteiger partial charge on any atom is -0.490 e. The first kappa shape index (κ1) is 34.6. The van der Waals surface area contributed by atoms with E-state index in [1.807, 2.05) is 45.8 Å². The number of ether oxygens (including phenoxy) is 2. The molecule has 0 aromatic heterocycles. The third kappa shape index (κ3) is 8.01. The van der Waals surface area contributed by atoms with Crippen molar-refractivity contribution in [2.24, 2.45) is 0 Å². The van der Waals surface area contributed by atoms with Gasteiger partial charge in [-0.25, -0.2) is 4.79 Å². The SMILES string of the molecule is Br.CNC(=O)c1cc2c(cc1N(C)C)CN(CC(=O)c1cc(OCCCCO)c(OCC(=O)O)c(C(C)(C)C)c1)C2=N. The number of aliphatic carboxylic acids is 1. The first-order valence-electron chi connectivity index (χ1n) is 13.5. The third-order valence-electron chi connectivity index (χ3n) is 6.78. The zero-order valence-electron chi connectivity index (χ0n) is 25.0. The summed E-state index contributed by atoms with van der Waals surface area (Å²) >= 11 is 0. The van der Waals surface area contributed by atoms with Crippen molar-refractivity contribution in [3.63, 3.8) is 0 Å². The van der Waals surface area contributed by atoms with Gasteiger partial charge in [0.15, 0.2) is 23.9 Å². The second-order valence-corrected chi connectivity index (χ2v) is 11.2. The molecule has 230 valence electrons. The quantitative estimate of drug-likeness (QED) is 0.188. The molecule has 0 saturated heterocycles. The predicted molar refractivity (Wildman–Crippen MR) is 166 cm³/mol. The first-order valence-corrected chi connectivity index (χ1v) is 13.5. The molecule has 0 unspecified atom stereocenters. The van der Waals surface area contributed by atoms with Gasteiger partial charge in [0, 0.05) is 56.7 Å². The number of nitrogens with zero attached hydrogens (tertiary/aromatic N) is 2. The van der Waals surface area contributed by atoms with E-state index in [1.165, 1.54) is 0 Å². The fourth-order valence-corrected chi connectivity index (χ4v) is 4.63. The standard InChI is InChI=1S/C30H40N4O7.BrH/c1-30(2,3)22-11-18(13-25(40-10-8-7-9-35)27(22)41-17-26(37)38)24(36)16-34-15-19-12-23(33(5)6)21(29(39)32-4)14-20(19)28(34)31;/h11-14,31,35H,7-10,15-17H2,1-6H3,(H,32,39)(H,37,38);1H. The van der Waals surface area contributed by atoms with Crippen molar-refractivity contribution in [1.82, 2.24) is 10.2 Å². The number of amides is 1. The van der Waals surface area contributed by atoms with E-state index in [2.05, 4.69) is 5.32 Å². The number of ketones is 1. The Morgan fingerprint density at radius 3 is 2.36 bits per heavy atom. The maximum Gasteiger partial charge on any atom is 0.341 e. The fourth-order valence-electron chi connectivity index (χ4n) is 4.63. The van der Waals surface area contributed by atoms with Crippen LogP contribution in [-0.4, -0.2) is 86.1 Å². The Hall–Kier alpha value is -3.64. The first-order chi connectivity index (χ1) is 19.3. The summed E-state index contributed by atoms with van der Waals surface area (Å²) < 4.78 is 11.6. The van der Waals surface area contributed by atoms with E-state index >= 15 is 0 Å². The van der Waals surface area contributed by atoms with E-state index in [4.69, 9.17) is 20.0 Å².